The number of aliphatic imine (C=N–C) groups is 1. The van der Waals surface area contributed by atoms with Crippen LogP contribution in [0.2, 0.25) is 0 Å². The lowest BCUT2D eigenvalue weighted by molar-refractivity contribution is -0.133. The van der Waals surface area contributed by atoms with Gasteiger partial charge >= 0.3 is 0 Å². The Morgan fingerprint density at radius 1 is 1.34 bits per heavy atom. The van der Waals surface area contributed by atoms with E-state index in [9.17, 15) is 4.79 Å². The van der Waals surface area contributed by atoms with Gasteiger partial charge in [0.25, 0.3) is 0 Å². The lowest BCUT2D eigenvalue weighted by Crippen LogP contribution is -2.46. The minimum absolute atomic E-state index is 0. The van der Waals surface area contributed by atoms with Crippen LogP contribution in [-0.4, -0.2) is 56.1 Å². The van der Waals surface area contributed by atoms with E-state index in [0.29, 0.717) is 13.2 Å². The highest BCUT2D eigenvalue weighted by Gasteiger charge is 2.27. The zero-order valence-corrected chi connectivity index (χ0v) is 20.9. The highest BCUT2D eigenvalue weighted by molar-refractivity contribution is 14.0. The van der Waals surface area contributed by atoms with Crippen molar-refractivity contribution in [2.45, 2.75) is 52.5 Å². The number of halogens is 1. The largest absolute Gasteiger partial charge is 0.492 e. The van der Waals surface area contributed by atoms with Crippen LogP contribution in [0.25, 0.3) is 0 Å². The van der Waals surface area contributed by atoms with Crippen LogP contribution < -0.4 is 15.4 Å². The number of nitrogens with one attached hydrogen (secondary N) is 2. The SMILES string of the molecule is CN=C(NCCOc1cccc(C(C)(C)C)c1)NC1CCN(C(=O)C(C)C)C1.I. The van der Waals surface area contributed by atoms with Crippen molar-refractivity contribution in [2.24, 2.45) is 10.9 Å². The zero-order chi connectivity index (χ0) is 20.7. The van der Waals surface area contributed by atoms with Gasteiger partial charge in [-0.15, -0.1) is 24.0 Å². The predicted molar refractivity (Wildman–Crippen MR) is 130 cm³/mol. The summed E-state index contributed by atoms with van der Waals surface area (Å²) in [5, 5.41) is 6.70. The fourth-order valence-corrected chi connectivity index (χ4v) is 3.22. The van der Waals surface area contributed by atoms with Crippen LogP contribution in [0, 0.1) is 5.92 Å². The average Bonchev–Trinajstić information content (AvgIpc) is 3.11. The van der Waals surface area contributed by atoms with Crippen LogP contribution in [0.1, 0.15) is 46.6 Å². The Morgan fingerprint density at radius 3 is 2.69 bits per heavy atom. The third-order valence-corrected chi connectivity index (χ3v) is 4.92. The summed E-state index contributed by atoms with van der Waals surface area (Å²) in [5.41, 5.74) is 1.37. The second kappa shape index (κ2) is 11.6. The van der Waals surface area contributed by atoms with Crippen molar-refractivity contribution in [1.29, 1.82) is 0 Å². The molecule has 1 heterocycles. The van der Waals surface area contributed by atoms with Crippen molar-refractivity contribution in [3.05, 3.63) is 29.8 Å². The molecule has 1 aromatic carbocycles. The van der Waals surface area contributed by atoms with Gasteiger partial charge in [-0.3, -0.25) is 9.79 Å². The first-order chi connectivity index (χ1) is 13.2. The maximum absolute atomic E-state index is 12.1. The minimum Gasteiger partial charge on any atom is -0.492 e. The van der Waals surface area contributed by atoms with Gasteiger partial charge in [0.15, 0.2) is 5.96 Å². The topological polar surface area (TPSA) is 66.0 Å². The molecule has 1 aliphatic heterocycles. The maximum Gasteiger partial charge on any atom is 0.225 e. The third kappa shape index (κ3) is 8.03. The van der Waals surface area contributed by atoms with E-state index in [1.54, 1.807) is 7.05 Å². The van der Waals surface area contributed by atoms with Crippen molar-refractivity contribution in [3.63, 3.8) is 0 Å². The number of carbonyl (C=O) groups excluding carboxylic acids is 1. The Bertz CT molecular complexity index is 686. The molecule has 1 saturated heterocycles. The van der Waals surface area contributed by atoms with E-state index < -0.39 is 0 Å². The van der Waals surface area contributed by atoms with E-state index in [-0.39, 0.29) is 47.3 Å². The molecule has 0 spiro atoms. The molecular weight excluding hydrogens is 479 g/mol. The molecule has 1 aliphatic rings. The molecule has 2 rings (SSSR count). The fraction of sp³-hybridized carbons (Fsp3) is 0.636. The van der Waals surface area contributed by atoms with Gasteiger partial charge in [-0.1, -0.05) is 46.8 Å². The second-order valence-electron chi connectivity index (χ2n) is 8.69. The molecule has 1 fully saturated rings. The van der Waals surface area contributed by atoms with Crippen LogP contribution in [0.5, 0.6) is 5.75 Å². The van der Waals surface area contributed by atoms with E-state index in [1.165, 1.54) is 5.56 Å². The molecule has 0 aromatic heterocycles. The summed E-state index contributed by atoms with van der Waals surface area (Å²) in [4.78, 5) is 18.3. The fourth-order valence-electron chi connectivity index (χ4n) is 3.22. The molecule has 7 heteroatoms. The molecule has 29 heavy (non-hydrogen) atoms. The molecule has 0 saturated carbocycles. The molecule has 1 atom stereocenters. The van der Waals surface area contributed by atoms with E-state index >= 15 is 0 Å². The van der Waals surface area contributed by atoms with Gasteiger partial charge in [0.1, 0.15) is 12.4 Å². The number of benzene rings is 1. The number of guanidine groups is 1. The first-order valence-electron chi connectivity index (χ1n) is 10.2. The van der Waals surface area contributed by atoms with Gasteiger partial charge in [-0.25, -0.2) is 0 Å². The van der Waals surface area contributed by atoms with E-state index in [4.69, 9.17) is 4.74 Å². The number of carbonyl (C=O) groups is 1. The maximum atomic E-state index is 12.1. The van der Waals surface area contributed by atoms with E-state index in [1.807, 2.05) is 30.9 Å². The lowest BCUT2D eigenvalue weighted by Gasteiger charge is -2.21. The highest BCUT2D eigenvalue weighted by Crippen LogP contribution is 2.25. The van der Waals surface area contributed by atoms with Gasteiger partial charge in [0.05, 0.1) is 6.54 Å². The first-order valence-corrected chi connectivity index (χ1v) is 10.2. The molecule has 0 bridgehead atoms. The van der Waals surface area contributed by atoms with Gasteiger partial charge < -0.3 is 20.3 Å². The molecule has 6 nitrogen and oxygen atoms in total. The smallest absolute Gasteiger partial charge is 0.225 e. The number of likely N-dealkylation sites (tertiary alicyclic amines) is 1. The normalized spacial score (nSPS) is 17.1. The summed E-state index contributed by atoms with van der Waals surface area (Å²) in [6, 6.07) is 8.49. The number of nitrogens with zero attached hydrogens (tertiary/aromatic N) is 2. The summed E-state index contributed by atoms with van der Waals surface area (Å²) < 4.78 is 5.88. The molecule has 164 valence electrons. The number of rotatable bonds is 6. The summed E-state index contributed by atoms with van der Waals surface area (Å²) in [5.74, 6) is 1.90. The van der Waals surface area contributed by atoms with Gasteiger partial charge in [0.2, 0.25) is 5.91 Å². The summed E-state index contributed by atoms with van der Waals surface area (Å²) in [6.45, 7) is 13.2. The Balaban J connectivity index is 0.00000420. The summed E-state index contributed by atoms with van der Waals surface area (Å²) >= 11 is 0. The van der Waals surface area contributed by atoms with Crippen molar-refractivity contribution >= 4 is 35.8 Å². The third-order valence-electron chi connectivity index (χ3n) is 4.92. The van der Waals surface area contributed by atoms with Crippen molar-refractivity contribution in [1.82, 2.24) is 15.5 Å². The highest BCUT2D eigenvalue weighted by atomic mass is 127. The Hall–Kier alpha value is -1.51. The molecule has 1 unspecified atom stereocenters. The van der Waals surface area contributed by atoms with Crippen LogP contribution in [0.3, 0.4) is 0 Å². The van der Waals surface area contributed by atoms with Crippen LogP contribution in [-0.2, 0) is 10.2 Å². The lowest BCUT2D eigenvalue weighted by atomic mass is 9.87. The van der Waals surface area contributed by atoms with Crippen LogP contribution in [0.4, 0.5) is 0 Å². The average molecular weight is 516 g/mol. The van der Waals surface area contributed by atoms with E-state index in [0.717, 1.165) is 31.2 Å². The van der Waals surface area contributed by atoms with Crippen molar-refractivity contribution in [3.8, 4) is 5.75 Å². The predicted octanol–water partition coefficient (Wildman–Crippen LogP) is 3.40. The van der Waals surface area contributed by atoms with Gasteiger partial charge in [-0.2, -0.15) is 0 Å². The van der Waals surface area contributed by atoms with Crippen molar-refractivity contribution < 1.29 is 9.53 Å². The molecule has 1 amide bonds. The number of hydrogen-bond acceptors (Lipinski definition) is 3. The van der Waals surface area contributed by atoms with Gasteiger partial charge in [0, 0.05) is 32.1 Å². The van der Waals surface area contributed by atoms with Crippen molar-refractivity contribution in [2.75, 3.05) is 33.3 Å². The Labute approximate surface area is 192 Å². The molecular formula is C22H37IN4O2. The number of hydrogen-bond donors (Lipinski definition) is 2. The standard InChI is InChI=1S/C22H36N4O2.HI/c1-16(2)20(27)26-12-10-18(15-26)25-21(23-6)24-11-13-28-19-9-7-8-17(14-19)22(3,4)5;/h7-9,14,16,18H,10-13,15H2,1-6H3,(H2,23,24,25);1H. The summed E-state index contributed by atoms with van der Waals surface area (Å²) in [7, 11) is 1.76. The van der Waals surface area contributed by atoms with Crippen LogP contribution >= 0.6 is 24.0 Å². The molecule has 0 radical (unpaired) electrons. The molecule has 2 N–H and O–H groups in total. The number of amides is 1. The Morgan fingerprint density at radius 2 is 2.07 bits per heavy atom. The quantitative estimate of drug-likeness (QED) is 0.263. The second-order valence-corrected chi connectivity index (χ2v) is 8.69. The van der Waals surface area contributed by atoms with E-state index in [2.05, 4.69) is 48.5 Å². The van der Waals surface area contributed by atoms with Crippen LogP contribution in [0.15, 0.2) is 29.3 Å². The monoisotopic (exact) mass is 516 g/mol. The first kappa shape index (κ1) is 25.5. The Kier molecular flexibility index (Phi) is 10.2. The number of ether oxygens (including phenoxy) is 1. The molecule has 1 aromatic rings. The molecule has 0 aliphatic carbocycles. The zero-order valence-electron chi connectivity index (χ0n) is 18.6. The minimum atomic E-state index is 0. The van der Waals surface area contributed by atoms with Gasteiger partial charge in [-0.05, 0) is 29.5 Å². The summed E-state index contributed by atoms with van der Waals surface area (Å²) in [6.07, 6.45) is 0.940.